The molecule has 2 aromatic heterocycles. The number of halogens is 1. The van der Waals surface area contributed by atoms with Crippen molar-refractivity contribution in [3.63, 3.8) is 0 Å². The first kappa shape index (κ1) is 14.4. The number of carbonyl (C=O) groups excluding carboxylic acids is 1. The van der Waals surface area contributed by atoms with E-state index in [2.05, 4.69) is 9.97 Å². The molecule has 1 aromatic carbocycles. The number of benzene rings is 1. The zero-order valence-corrected chi connectivity index (χ0v) is 12.4. The molecule has 3 aromatic rings. The number of hydrogen-bond donors (Lipinski definition) is 0. The maximum absolute atomic E-state index is 13.9. The fourth-order valence-corrected chi connectivity index (χ4v) is 2.36. The fourth-order valence-electron chi connectivity index (χ4n) is 2.36. The van der Waals surface area contributed by atoms with Crippen LogP contribution >= 0.6 is 0 Å². The normalized spacial score (nSPS) is 11.0. The summed E-state index contributed by atoms with van der Waals surface area (Å²) in [6, 6.07) is 7.91. The van der Waals surface area contributed by atoms with E-state index in [0.29, 0.717) is 28.9 Å². The molecule has 0 amide bonds. The molecule has 0 unspecified atom stereocenters. The Morgan fingerprint density at radius 3 is 2.77 bits per heavy atom. The summed E-state index contributed by atoms with van der Waals surface area (Å²) >= 11 is 0. The maximum Gasteiger partial charge on any atom is 0.231 e. The molecule has 22 heavy (non-hydrogen) atoms. The van der Waals surface area contributed by atoms with E-state index >= 15 is 0 Å². The van der Waals surface area contributed by atoms with Crippen LogP contribution in [0.4, 0.5) is 4.39 Å². The molecule has 112 valence electrons. The second-order valence-electron chi connectivity index (χ2n) is 5.14. The molecule has 0 N–H and O–H groups in total. The number of nitrogens with zero attached hydrogens (tertiary/aromatic N) is 2. The van der Waals surface area contributed by atoms with E-state index in [1.54, 1.807) is 31.2 Å². The van der Waals surface area contributed by atoms with Crippen LogP contribution in [0.15, 0.2) is 34.7 Å². The van der Waals surface area contributed by atoms with Gasteiger partial charge in [-0.25, -0.2) is 9.37 Å². The Balaban J connectivity index is 2.19. The molecule has 0 aliphatic heterocycles. The van der Waals surface area contributed by atoms with Gasteiger partial charge in [-0.1, -0.05) is 19.1 Å². The molecule has 0 radical (unpaired) electrons. The van der Waals surface area contributed by atoms with Crippen molar-refractivity contribution < 1.29 is 13.6 Å². The van der Waals surface area contributed by atoms with Gasteiger partial charge in [0.15, 0.2) is 17.0 Å². The van der Waals surface area contributed by atoms with Gasteiger partial charge in [0, 0.05) is 12.1 Å². The van der Waals surface area contributed by atoms with Crippen LogP contribution in [0, 0.1) is 12.7 Å². The largest absolute Gasteiger partial charge is 0.433 e. The third-order valence-electron chi connectivity index (χ3n) is 3.37. The molecule has 2 heterocycles. The lowest BCUT2D eigenvalue weighted by Crippen LogP contribution is -2.00. The Hall–Kier alpha value is -2.56. The van der Waals surface area contributed by atoms with Crippen molar-refractivity contribution in [3.8, 4) is 11.5 Å². The molecule has 4 nitrogen and oxygen atoms in total. The van der Waals surface area contributed by atoms with Crippen LogP contribution in [0.1, 0.15) is 35.8 Å². The number of aryl methyl sites for hydroxylation is 1. The van der Waals surface area contributed by atoms with E-state index in [4.69, 9.17) is 4.42 Å². The van der Waals surface area contributed by atoms with Crippen LogP contribution in [0.25, 0.3) is 22.7 Å². The molecule has 0 atom stereocenters. The van der Waals surface area contributed by atoms with E-state index in [0.717, 1.165) is 6.42 Å². The first-order valence-electron chi connectivity index (χ1n) is 7.16. The highest BCUT2D eigenvalue weighted by Crippen LogP contribution is 2.28. The molecule has 0 aliphatic rings. The van der Waals surface area contributed by atoms with Gasteiger partial charge in [0.1, 0.15) is 5.82 Å². The molecule has 0 bridgehead atoms. The molecule has 0 spiro atoms. The van der Waals surface area contributed by atoms with Gasteiger partial charge in [0.25, 0.3) is 0 Å². The second kappa shape index (κ2) is 5.67. The smallest absolute Gasteiger partial charge is 0.231 e. The van der Waals surface area contributed by atoms with Gasteiger partial charge in [0.05, 0.1) is 11.1 Å². The number of Topliss-reactive ketones (excluding diaryl/α,β-unsaturated/α-hetero) is 1. The summed E-state index contributed by atoms with van der Waals surface area (Å²) in [7, 11) is 0. The van der Waals surface area contributed by atoms with Gasteiger partial charge in [-0.2, -0.15) is 4.98 Å². The predicted molar refractivity (Wildman–Crippen MR) is 81.2 cm³/mol. The molecule has 0 saturated carbocycles. The average molecular weight is 298 g/mol. The van der Waals surface area contributed by atoms with Crippen molar-refractivity contribution in [1.82, 2.24) is 9.97 Å². The van der Waals surface area contributed by atoms with E-state index in [9.17, 15) is 9.18 Å². The Kier molecular flexibility index (Phi) is 3.71. The molecule has 0 fully saturated rings. The van der Waals surface area contributed by atoms with Gasteiger partial charge in [-0.05, 0) is 31.5 Å². The van der Waals surface area contributed by atoms with Crippen LogP contribution in [0.3, 0.4) is 0 Å². The Morgan fingerprint density at radius 2 is 2.05 bits per heavy atom. The monoisotopic (exact) mass is 298 g/mol. The lowest BCUT2D eigenvalue weighted by atomic mass is 10.1. The minimum Gasteiger partial charge on any atom is -0.433 e. The van der Waals surface area contributed by atoms with Gasteiger partial charge >= 0.3 is 0 Å². The van der Waals surface area contributed by atoms with Gasteiger partial charge in [-0.15, -0.1) is 0 Å². The Labute approximate surface area is 127 Å². The van der Waals surface area contributed by atoms with Gasteiger partial charge in [-0.3, -0.25) is 4.79 Å². The SMILES string of the molecule is CCCC(=O)c1cc(C)nc2nc(-c3ccccc3F)oc12. The maximum atomic E-state index is 13.9. The van der Waals surface area contributed by atoms with E-state index in [1.807, 2.05) is 6.92 Å². The number of fused-ring (bicyclic) bond motifs is 1. The molecule has 5 heteroatoms. The zero-order valence-electron chi connectivity index (χ0n) is 12.4. The minimum atomic E-state index is -0.424. The van der Waals surface area contributed by atoms with E-state index < -0.39 is 5.82 Å². The zero-order chi connectivity index (χ0) is 15.7. The van der Waals surface area contributed by atoms with Gasteiger partial charge < -0.3 is 4.42 Å². The summed E-state index contributed by atoms with van der Waals surface area (Å²) in [6.07, 6.45) is 1.17. The average Bonchev–Trinajstić information content (AvgIpc) is 2.90. The number of hydrogen-bond acceptors (Lipinski definition) is 4. The lowest BCUT2D eigenvalue weighted by molar-refractivity contribution is 0.0982. The van der Waals surface area contributed by atoms with Crippen molar-refractivity contribution in [2.75, 3.05) is 0 Å². The van der Waals surface area contributed by atoms with Crippen molar-refractivity contribution >= 4 is 17.0 Å². The second-order valence-corrected chi connectivity index (χ2v) is 5.14. The molecule has 0 saturated heterocycles. The lowest BCUT2D eigenvalue weighted by Gasteiger charge is -2.01. The number of oxazole rings is 1. The third kappa shape index (κ3) is 2.50. The van der Waals surface area contributed by atoms with Crippen molar-refractivity contribution in [2.24, 2.45) is 0 Å². The summed E-state index contributed by atoms with van der Waals surface area (Å²) in [5.74, 6) is -0.307. The highest BCUT2D eigenvalue weighted by atomic mass is 19.1. The molecular weight excluding hydrogens is 283 g/mol. The van der Waals surface area contributed by atoms with E-state index in [-0.39, 0.29) is 17.2 Å². The van der Waals surface area contributed by atoms with E-state index in [1.165, 1.54) is 6.07 Å². The summed E-state index contributed by atoms with van der Waals surface area (Å²) in [5.41, 5.74) is 2.05. The quantitative estimate of drug-likeness (QED) is 0.673. The highest BCUT2D eigenvalue weighted by molar-refractivity contribution is 6.05. The summed E-state index contributed by atoms with van der Waals surface area (Å²) in [5, 5.41) is 0. The number of aromatic nitrogens is 2. The Morgan fingerprint density at radius 1 is 1.27 bits per heavy atom. The first-order valence-corrected chi connectivity index (χ1v) is 7.16. The molecule has 0 aliphatic carbocycles. The van der Waals surface area contributed by atoms with Gasteiger partial charge in [0.2, 0.25) is 5.89 Å². The number of pyridine rings is 1. The van der Waals surface area contributed by atoms with Crippen molar-refractivity contribution in [2.45, 2.75) is 26.7 Å². The van der Waals surface area contributed by atoms with Crippen LogP contribution in [0.2, 0.25) is 0 Å². The van der Waals surface area contributed by atoms with Crippen molar-refractivity contribution in [3.05, 3.63) is 47.4 Å². The summed E-state index contributed by atoms with van der Waals surface area (Å²) < 4.78 is 19.5. The number of ketones is 1. The number of carbonyl (C=O) groups is 1. The van der Waals surface area contributed by atoms with Crippen LogP contribution in [-0.4, -0.2) is 15.8 Å². The Bertz CT molecular complexity index is 855. The molecular formula is C17H15FN2O2. The van der Waals surface area contributed by atoms with Crippen molar-refractivity contribution in [1.29, 1.82) is 0 Å². The fraction of sp³-hybridized carbons (Fsp3) is 0.235. The van der Waals surface area contributed by atoms with Crippen LogP contribution in [0.5, 0.6) is 0 Å². The third-order valence-corrected chi connectivity index (χ3v) is 3.37. The van der Waals surface area contributed by atoms with Crippen LogP contribution in [-0.2, 0) is 0 Å². The number of rotatable bonds is 4. The summed E-state index contributed by atoms with van der Waals surface area (Å²) in [4.78, 5) is 20.7. The topological polar surface area (TPSA) is 56.0 Å². The minimum absolute atomic E-state index is 0.0192. The highest BCUT2D eigenvalue weighted by Gasteiger charge is 2.19. The molecule has 3 rings (SSSR count). The standard InChI is InChI=1S/C17H15FN2O2/c1-3-6-14(21)12-9-10(2)19-16-15(12)22-17(20-16)11-7-4-5-8-13(11)18/h4-5,7-9H,3,6H2,1-2H3. The summed E-state index contributed by atoms with van der Waals surface area (Å²) in [6.45, 7) is 3.73. The predicted octanol–water partition coefficient (Wildman–Crippen LogP) is 4.32. The first-order chi connectivity index (χ1) is 10.6. The van der Waals surface area contributed by atoms with Crippen LogP contribution < -0.4 is 0 Å².